The maximum Gasteiger partial charge on any atom is 0.238 e. The maximum absolute atomic E-state index is 13.0. The molecule has 0 saturated heterocycles. The second-order valence-electron chi connectivity index (χ2n) is 7.24. The van der Waals surface area contributed by atoms with E-state index in [1.807, 2.05) is 36.2 Å². The summed E-state index contributed by atoms with van der Waals surface area (Å²) >= 11 is 3.51. The number of carbonyl (C=O) groups is 3. The Morgan fingerprint density at radius 2 is 1.50 bits per heavy atom. The third kappa shape index (κ3) is 3.84. The molecule has 30 heavy (non-hydrogen) atoms. The van der Waals surface area contributed by atoms with Crippen molar-refractivity contribution < 1.29 is 14.4 Å². The normalized spacial score (nSPS) is 12.5. The molecule has 3 aromatic rings. The van der Waals surface area contributed by atoms with Crippen molar-refractivity contribution in [2.75, 3.05) is 18.9 Å². The molecule has 0 spiro atoms. The number of halogens is 1. The monoisotopic (exact) mass is 462 g/mol. The average Bonchev–Trinajstić information content (AvgIpc) is 2.73. The minimum Gasteiger partial charge on any atom is -0.324 e. The van der Waals surface area contributed by atoms with E-state index in [4.69, 9.17) is 0 Å². The molecule has 0 bridgehead atoms. The first-order valence-electron chi connectivity index (χ1n) is 9.49. The van der Waals surface area contributed by atoms with Gasteiger partial charge in [0.1, 0.15) is 0 Å². The fourth-order valence-corrected chi connectivity index (χ4v) is 4.07. The van der Waals surface area contributed by atoms with Crippen molar-refractivity contribution in [2.45, 2.75) is 6.54 Å². The number of fused-ring (bicyclic) bond motifs is 2. The summed E-state index contributed by atoms with van der Waals surface area (Å²) in [6.45, 7) is 0.732. The number of nitrogens with one attached hydrogen (secondary N) is 1. The van der Waals surface area contributed by atoms with Crippen LogP contribution < -0.4 is 5.32 Å². The molecule has 1 N–H and O–H groups in total. The van der Waals surface area contributed by atoms with Gasteiger partial charge in [0.2, 0.25) is 5.91 Å². The number of ketones is 2. The Morgan fingerprint density at radius 1 is 0.867 bits per heavy atom. The van der Waals surface area contributed by atoms with Crippen LogP contribution in [0.5, 0.6) is 0 Å². The SMILES string of the molecule is CN(CC(=O)Nc1cccc2c1C(=O)c1ccccc1C2=O)Cc1ccccc1Br. The summed E-state index contributed by atoms with van der Waals surface area (Å²) in [5.74, 6) is -0.711. The minimum atomic E-state index is -0.253. The highest BCUT2D eigenvalue weighted by Gasteiger charge is 2.31. The molecule has 0 aromatic heterocycles. The van der Waals surface area contributed by atoms with Gasteiger partial charge in [0.05, 0.1) is 17.8 Å². The molecular weight excluding hydrogens is 444 g/mol. The van der Waals surface area contributed by atoms with Crippen molar-refractivity contribution in [3.63, 3.8) is 0 Å². The van der Waals surface area contributed by atoms with Crippen LogP contribution in [-0.2, 0) is 11.3 Å². The summed E-state index contributed by atoms with van der Waals surface area (Å²) in [4.78, 5) is 40.4. The number of rotatable bonds is 5. The Labute approximate surface area is 182 Å². The van der Waals surface area contributed by atoms with E-state index in [-0.39, 0.29) is 29.6 Å². The summed E-state index contributed by atoms with van der Waals surface area (Å²) in [5, 5.41) is 2.82. The highest BCUT2D eigenvalue weighted by molar-refractivity contribution is 9.10. The molecule has 5 nitrogen and oxygen atoms in total. The summed E-state index contributed by atoms with van der Waals surface area (Å²) in [6.07, 6.45) is 0. The largest absolute Gasteiger partial charge is 0.324 e. The van der Waals surface area contributed by atoms with Gasteiger partial charge in [0.25, 0.3) is 0 Å². The zero-order valence-electron chi connectivity index (χ0n) is 16.3. The third-order valence-corrected chi connectivity index (χ3v) is 5.81. The van der Waals surface area contributed by atoms with Crippen LogP contribution in [0.3, 0.4) is 0 Å². The van der Waals surface area contributed by atoms with Gasteiger partial charge in [-0.05, 0) is 24.7 Å². The Bertz CT molecular complexity index is 1170. The first kappa shape index (κ1) is 20.2. The molecule has 3 aromatic carbocycles. The molecule has 4 rings (SSSR count). The quantitative estimate of drug-likeness (QED) is 0.480. The fraction of sp³-hybridized carbons (Fsp3) is 0.125. The molecule has 0 atom stereocenters. The Hall–Kier alpha value is -3.09. The molecule has 6 heteroatoms. The first-order valence-corrected chi connectivity index (χ1v) is 10.3. The highest BCUT2D eigenvalue weighted by atomic mass is 79.9. The zero-order valence-corrected chi connectivity index (χ0v) is 17.9. The topological polar surface area (TPSA) is 66.5 Å². The van der Waals surface area contributed by atoms with E-state index in [1.54, 1.807) is 42.5 Å². The molecule has 0 unspecified atom stereocenters. The van der Waals surface area contributed by atoms with E-state index in [2.05, 4.69) is 21.2 Å². The van der Waals surface area contributed by atoms with E-state index >= 15 is 0 Å². The molecule has 150 valence electrons. The third-order valence-electron chi connectivity index (χ3n) is 5.04. The smallest absolute Gasteiger partial charge is 0.238 e. The van der Waals surface area contributed by atoms with Gasteiger partial charge in [0, 0.05) is 27.7 Å². The van der Waals surface area contributed by atoms with E-state index in [9.17, 15) is 14.4 Å². The molecule has 1 aliphatic rings. The summed E-state index contributed by atoms with van der Waals surface area (Å²) < 4.78 is 0.983. The summed E-state index contributed by atoms with van der Waals surface area (Å²) in [7, 11) is 1.85. The number of amides is 1. The predicted octanol–water partition coefficient (Wildman–Crippen LogP) is 4.30. The van der Waals surface area contributed by atoms with Gasteiger partial charge in [-0.3, -0.25) is 19.3 Å². The van der Waals surface area contributed by atoms with Gasteiger partial charge in [0.15, 0.2) is 11.6 Å². The Balaban J connectivity index is 1.53. The lowest BCUT2D eigenvalue weighted by Gasteiger charge is -2.21. The van der Waals surface area contributed by atoms with Crippen LogP contribution >= 0.6 is 15.9 Å². The zero-order chi connectivity index (χ0) is 21.3. The number of anilines is 1. The predicted molar refractivity (Wildman–Crippen MR) is 119 cm³/mol. The molecule has 0 aliphatic heterocycles. The second-order valence-corrected chi connectivity index (χ2v) is 8.10. The molecule has 1 amide bonds. The van der Waals surface area contributed by atoms with Gasteiger partial charge in [-0.1, -0.05) is 70.5 Å². The lowest BCUT2D eigenvalue weighted by atomic mass is 9.83. The molecular formula is C24H19BrN2O3. The first-order chi connectivity index (χ1) is 14.5. The van der Waals surface area contributed by atoms with Crippen molar-refractivity contribution in [1.82, 2.24) is 4.90 Å². The average molecular weight is 463 g/mol. The lowest BCUT2D eigenvalue weighted by Crippen LogP contribution is -2.31. The van der Waals surface area contributed by atoms with E-state index in [1.165, 1.54) is 0 Å². The van der Waals surface area contributed by atoms with Crippen LogP contribution in [0.2, 0.25) is 0 Å². The molecule has 0 heterocycles. The maximum atomic E-state index is 13.0. The van der Waals surface area contributed by atoms with Crippen molar-refractivity contribution in [3.05, 3.63) is 99.0 Å². The van der Waals surface area contributed by atoms with Gasteiger partial charge >= 0.3 is 0 Å². The number of benzene rings is 3. The van der Waals surface area contributed by atoms with Crippen LogP contribution in [0.4, 0.5) is 5.69 Å². The Morgan fingerprint density at radius 3 is 2.23 bits per heavy atom. The molecule has 0 fully saturated rings. The van der Waals surface area contributed by atoms with Crippen molar-refractivity contribution in [3.8, 4) is 0 Å². The summed E-state index contributed by atoms with van der Waals surface area (Å²) in [6, 6.07) is 19.6. The van der Waals surface area contributed by atoms with Gasteiger partial charge in [-0.15, -0.1) is 0 Å². The van der Waals surface area contributed by atoms with E-state index in [0.717, 1.165) is 10.0 Å². The number of carbonyl (C=O) groups excluding carboxylic acids is 3. The standard InChI is InChI=1S/C24H19BrN2O3/c1-27(13-15-7-2-5-11-19(15)25)14-21(28)26-20-12-6-10-18-22(20)24(30)17-9-4-3-8-16(17)23(18)29/h2-12H,13-14H2,1H3,(H,26,28). The number of nitrogens with zero attached hydrogens (tertiary/aromatic N) is 1. The molecule has 1 aliphatic carbocycles. The van der Waals surface area contributed by atoms with Crippen molar-refractivity contribution in [1.29, 1.82) is 0 Å². The van der Waals surface area contributed by atoms with E-state index in [0.29, 0.717) is 28.9 Å². The summed E-state index contributed by atoms with van der Waals surface area (Å²) in [5.41, 5.74) is 2.76. The van der Waals surface area contributed by atoms with Crippen LogP contribution in [0.25, 0.3) is 0 Å². The second kappa shape index (κ2) is 8.34. The number of likely N-dealkylation sites (N-methyl/N-ethyl adjacent to an activating group) is 1. The fourth-order valence-electron chi connectivity index (χ4n) is 3.66. The highest BCUT2D eigenvalue weighted by Crippen LogP contribution is 2.31. The van der Waals surface area contributed by atoms with Crippen LogP contribution in [0.1, 0.15) is 37.4 Å². The van der Waals surface area contributed by atoms with Crippen molar-refractivity contribution in [2.24, 2.45) is 0 Å². The van der Waals surface area contributed by atoms with Crippen LogP contribution in [0.15, 0.2) is 71.2 Å². The van der Waals surface area contributed by atoms with Crippen LogP contribution in [-0.4, -0.2) is 36.0 Å². The van der Waals surface area contributed by atoms with Gasteiger partial charge in [-0.25, -0.2) is 0 Å². The molecule has 0 radical (unpaired) electrons. The van der Waals surface area contributed by atoms with Gasteiger partial charge in [-0.2, -0.15) is 0 Å². The minimum absolute atomic E-state index is 0.143. The van der Waals surface area contributed by atoms with E-state index < -0.39 is 0 Å². The Kier molecular flexibility index (Phi) is 5.61. The number of hydrogen-bond acceptors (Lipinski definition) is 4. The van der Waals surface area contributed by atoms with Crippen molar-refractivity contribution >= 4 is 39.1 Å². The van der Waals surface area contributed by atoms with Gasteiger partial charge < -0.3 is 5.32 Å². The number of hydrogen-bond donors (Lipinski definition) is 1. The lowest BCUT2D eigenvalue weighted by molar-refractivity contribution is -0.117. The van der Waals surface area contributed by atoms with Crippen LogP contribution in [0, 0.1) is 0 Å². The molecule has 0 saturated carbocycles.